The molecule has 0 unspecified atom stereocenters. The Kier molecular flexibility index (Phi) is 5.43. The molecule has 5 nitrogen and oxygen atoms in total. The Morgan fingerprint density at radius 2 is 1.85 bits per heavy atom. The number of hydrogen-bond acceptors (Lipinski definition) is 4. The largest absolute Gasteiger partial charge is 0.496 e. The zero-order valence-corrected chi connectivity index (χ0v) is 14.0. The number of amides is 1. The average Bonchev–Trinajstić information content (AvgIpc) is 3.18. The van der Waals surface area contributed by atoms with Gasteiger partial charge in [0, 0.05) is 36.7 Å². The molecule has 0 atom stereocenters. The van der Waals surface area contributed by atoms with Crippen molar-refractivity contribution in [3.63, 3.8) is 0 Å². The van der Waals surface area contributed by atoms with Crippen molar-refractivity contribution in [2.75, 3.05) is 20.2 Å². The minimum atomic E-state index is -1.31. The second-order valence-corrected chi connectivity index (χ2v) is 5.92. The van der Waals surface area contributed by atoms with Crippen LogP contribution in [0.1, 0.15) is 27.4 Å². The Hall–Kier alpha value is -2.58. The normalized spacial score (nSPS) is 14.5. The standard InChI is InChI=1S/C18H18F3N3O2/c1-26-16-6-10(2-3-12(16)11-7-23-24-8-11)18(25)22-9-13-14(19)4-5-15(20)17(13)21/h2-6,11,23-24H,7-9H2,1H3,(H,22,25). The summed E-state index contributed by atoms with van der Waals surface area (Å²) in [5.74, 6) is -3.17. The van der Waals surface area contributed by atoms with Crippen molar-refractivity contribution < 1.29 is 22.7 Å². The Morgan fingerprint density at radius 1 is 1.15 bits per heavy atom. The van der Waals surface area contributed by atoms with E-state index in [1.807, 2.05) is 0 Å². The van der Waals surface area contributed by atoms with Crippen molar-refractivity contribution >= 4 is 5.91 Å². The lowest BCUT2D eigenvalue weighted by atomic mass is 9.97. The summed E-state index contributed by atoms with van der Waals surface area (Å²) in [6, 6.07) is 6.50. The molecule has 1 amide bonds. The van der Waals surface area contributed by atoms with Crippen LogP contribution in [0.2, 0.25) is 0 Å². The maximum atomic E-state index is 13.7. The molecule has 2 aromatic carbocycles. The Labute approximate surface area is 148 Å². The van der Waals surface area contributed by atoms with E-state index in [-0.39, 0.29) is 11.5 Å². The molecule has 1 fully saturated rings. The zero-order valence-electron chi connectivity index (χ0n) is 14.0. The molecule has 1 aliphatic rings. The highest BCUT2D eigenvalue weighted by Gasteiger charge is 2.21. The number of halogens is 3. The van der Waals surface area contributed by atoms with Crippen LogP contribution in [0, 0.1) is 17.5 Å². The van der Waals surface area contributed by atoms with Gasteiger partial charge in [0.25, 0.3) is 5.91 Å². The molecule has 1 heterocycles. The number of benzene rings is 2. The highest BCUT2D eigenvalue weighted by Crippen LogP contribution is 2.28. The highest BCUT2D eigenvalue weighted by molar-refractivity contribution is 5.94. The van der Waals surface area contributed by atoms with E-state index in [2.05, 4.69) is 16.2 Å². The second kappa shape index (κ2) is 7.76. The van der Waals surface area contributed by atoms with E-state index in [1.54, 1.807) is 18.2 Å². The van der Waals surface area contributed by atoms with Gasteiger partial charge < -0.3 is 10.1 Å². The molecule has 138 valence electrons. The van der Waals surface area contributed by atoms with Crippen LogP contribution in [0.5, 0.6) is 5.75 Å². The molecule has 1 saturated heterocycles. The minimum Gasteiger partial charge on any atom is -0.496 e. The molecule has 3 rings (SSSR count). The van der Waals surface area contributed by atoms with Crippen molar-refractivity contribution in [2.24, 2.45) is 0 Å². The average molecular weight is 365 g/mol. The maximum absolute atomic E-state index is 13.7. The Bertz CT molecular complexity index is 824. The number of nitrogens with one attached hydrogen (secondary N) is 3. The van der Waals surface area contributed by atoms with Crippen molar-refractivity contribution in [1.82, 2.24) is 16.2 Å². The molecule has 8 heteroatoms. The Balaban J connectivity index is 1.75. The third-order valence-electron chi connectivity index (χ3n) is 4.32. The quantitative estimate of drug-likeness (QED) is 0.711. The maximum Gasteiger partial charge on any atom is 0.251 e. The first-order valence-electron chi connectivity index (χ1n) is 8.05. The molecule has 0 saturated carbocycles. The first-order valence-corrected chi connectivity index (χ1v) is 8.05. The molecular formula is C18H18F3N3O2. The van der Waals surface area contributed by atoms with Crippen LogP contribution in [0.25, 0.3) is 0 Å². The first-order chi connectivity index (χ1) is 12.5. The van der Waals surface area contributed by atoms with Crippen LogP contribution in [0.15, 0.2) is 30.3 Å². The van der Waals surface area contributed by atoms with E-state index in [1.165, 1.54) is 7.11 Å². The van der Waals surface area contributed by atoms with Crippen LogP contribution in [0.3, 0.4) is 0 Å². The third-order valence-corrected chi connectivity index (χ3v) is 4.32. The number of rotatable bonds is 5. The summed E-state index contributed by atoms with van der Waals surface area (Å²) in [5, 5.41) is 2.40. The van der Waals surface area contributed by atoms with Gasteiger partial charge in [-0.25, -0.2) is 13.2 Å². The van der Waals surface area contributed by atoms with Gasteiger partial charge in [-0.1, -0.05) is 6.07 Å². The van der Waals surface area contributed by atoms with Gasteiger partial charge in [0.05, 0.1) is 7.11 Å². The van der Waals surface area contributed by atoms with Crippen molar-refractivity contribution in [2.45, 2.75) is 12.5 Å². The molecule has 26 heavy (non-hydrogen) atoms. The van der Waals surface area contributed by atoms with E-state index >= 15 is 0 Å². The predicted molar refractivity (Wildman–Crippen MR) is 89.2 cm³/mol. The van der Waals surface area contributed by atoms with Crippen molar-refractivity contribution in [1.29, 1.82) is 0 Å². The summed E-state index contributed by atoms with van der Waals surface area (Å²) in [6.45, 7) is 1.01. The number of carbonyl (C=O) groups is 1. The fourth-order valence-electron chi connectivity index (χ4n) is 2.87. The lowest BCUT2D eigenvalue weighted by Gasteiger charge is -2.15. The molecule has 2 aromatic rings. The zero-order chi connectivity index (χ0) is 18.7. The van der Waals surface area contributed by atoms with E-state index in [0.717, 1.165) is 24.7 Å². The topological polar surface area (TPSA) is 62.4 Å². The highest BCUT2D eigenvalue weighted by atomic mass is 19.2. The van der Waals surface area contributed by atoms with E-state index in [4.69, 9.17) is 4.74 Å². The lowest BCUT2D eigenvalue weighted by Crippen LogP contribution is -2.24. The molecule has 0 spiro atoms. The summed E-state index contributed by atoms with van der Waals surface area (Å²) in [6.07, 6.45) is 0. The van der Waals surface area contributed by atoms with Crippen molar-refractivity contribution in [3.8, 4) is 5.75 Å². The van der Waals surface area contributed by atoms with Crippen molar-refractivity contribution in [3.05, 3.63) is 64.5 Å². The Morgan fingerprint density at radius 3 is 2.54 bits per heavy atom. The summed E-state index contributed by atoms with van der Waals surface area (Å²) < 4.78 is 45.9. The van der Waals surface area contributed by atoms with E-state index < -0.39 is 35.5 Å². The SMILES string of the molecule is COc1cc(C(=O)NCc2c(F)ccc(F)c2F)ccc1C1CNNC1. The molecule has 0 radical (unpaired) electrons. The molecule has 0 bridgehead atoms. The third kappa shape index (κ3) is 3.66. The van der Waals surface area contributed by atoms with Crippen LogP contribution < -0.4 is 20.9 Å². The van der Waals surface area contributed by atoms with Crippen LogP contribution >= 0.6 is 0 Å². The fraction of sp³-hybridized carbons (Fsp3) is 0.278. The number of hydrazine groups is 1. The first kappa shape index (κ1) is 18.2. The molecule has 0 aliphatic carbocycles. The van der Waals surface area contributed by atoms with Gasteiger partial charge in [0.15, 0.2) is 11.6 Å². The number of hydrogen-bond donors (Lipinski definition) is 3. The number of carbonyl (C=O) groups excluding carboxylic acids is 1. The van der Waals surface area contributed by atoms with Gasteiger partial charge in [0.2, 0.25) is 0 Å². The molecular weight excluding hydrogens is 347 g/mol. The van der Waals surface area contributed by atoms with Crippen LogP contribution in [-0.2, 0) is 6.54 Å². The fourth-order valence-corrected chi connectivity index (χ4v) is 2.87. The smallest absolute Gasteiger partial charge is 0.251 e. The summed E-state index contributed by atoms with van der Waals surface area (Å²) in [4.78, 5) is 12.3. The number of ether oxygens (including phenoxy) is 1. The number of methoxy groups -OCH3 is 1. The van der Waals surface area contributed by atoms with Crippen LogP contribution in [0.4, 0.5) is 13.2 Å². The molecule has 0 aromatic heterocycles. The van der Waals surface area contributed by atoms with E-state index in [0.29, 0.717) is 11.8 Å². The molecule has 1 aliphatic heterocycles. The summed E-state index contributed by atoms with van der Waals surface area (Å²) in [5.41, 5.74) is 6.76. The summed E-state index contributed by atoms with van der Waals surface area (Å²) in [7, 11) is 1.51. The van der Waals surface area contributed by atoms with Gasteiger partial charge >= 0.3 is 0 Å². The predicted octanol–water partition coefficient (Wildman–Crippen LogP) is 2.23. The van der Waals surface area contributed by atoms with Gasteiger partial charge in [-0.2, -0.15) is 0 Å². The summed E-state index contributed by atoms with van der Waals surface area (Å²) >= 11 is 0. The lowest BCUT2D eigenvalue weighted by molar-refractivity contribution is 0.0949. The van der Waals surface area contributed by atoms with Gasteiger partial charge in [-0.3, -0.25) is 15.6 Å². The molecule has 3 N–H and O–H groups in total. The monoisotopic (exact) mass is 365 g/mol. The van der Waals surface area contributed by atoms with Gasteiger partial charge in [0.1, 0.15) is 11.6 Å². The minimum absolute atomic E-state index is 0.206. The van der Waals surface area contributed by atoms with E-state index in [9.17, 15) is 18.0 Å². The van der Waals surface area contributed by atoms with Gasteiger partial charge in [-0.15, -0.1) is 0 Å². The van der Waals surface area contributed by atoms with Crippen LogP contribution in [-0.4, -0.2) is 26.1 Å². The van der Waals surface area contributed by atoms with Gasteiger partial charge in [-0.05, 0) is 29.8 Å². The second-order valence-electron chi connectivity index (χ2n) is 5.92.